The molecular weight excluding hydrogens is 242 g/mol. The molecule has 0 saturated heterocycles. The molecule has 0 aliphatic carbocycles. The number of hydrogen-bond donors (Lipinski definition) is 3. The predicted molar refractivity (Wildman–Crippen MR) is 65.6 cm³/mol. The second-order valence-electron chi connectivity index (χ2n) is 3.09. The molecule has 0 spiro atoms. The van der Waals surface area contributed by atoms with Gasteiger partial charge in [-0.2, -0.15) is 0 Å². The maximum atomic E-state index is 11.1. The maximum absolute atomic E-state index is 11.1. The van der Waals surface area contributed by atoms with Crippen LogP contribution in [0.3, 0.4) is 0 Å². The number of rotatable bonds is 4. The molecule has 0 saturated carbocycles. The molecule has 1 aromatic carbocycles. The second kappa shape index (κ2) is 5.80. The Labute approximate surface area is 103 Å². The third-order valence-corrected chi connectivity index (χ3v) is 1.99. The van der Waals surface area contributed by atoms with Crippen molar-refractivity contribution in [2.45, 2.75) is 0 Å². The zero-order chi connectivity index (χ0) is 12.8. The van der Waals surface area contributed by atoms with Crippen molar-refractivity contribution in [1.82, 2.24) is 5.32 Å². The number of benzene rings is 1. The molecule has 0 aromatic heterocycles. The third kappa shape index (κ3) is 4.47. The van der Waals surface area contributed by atoms with E-state index in [-0.39, 0.29) is 11.6 Å². The molecule has 0 aliphatic heterocycles. The molecule has 0 aliphatic rings. The lowest BCUT2D eigenvalue weighted by molar-refractivity contribution is -0.121. The highest BCUT2D eigenvalue weighted by Crippen LogP contribution is 2.12. The van der Waals surface area contributed by atoms with Crippen molar-refractivity contribution in [1.29, 1.82) is 0 Å². The minimum Gasteiger partial charge on any atom is -0.484 e. The minimum absolute atomic E-state index is 0.233. The molecule has 90 valence electrons. The summed E-state index contributed by atoms with van der Waals surface area (Å²) in [6.45, 7) is -0.316. The van der Waals surface area contributed by atoms with Crippen LogP contribution in [-0.4, -0.2) is 23.5 Å². The number of ether oxygens (including phenoxy) is 1. The summed E-state index contributed by atoms with van der Waals surface area (Å²) in [5.41, 5.74) is 10.8. The fraction of sp³-hybridized carbons (Fsp3) is 0.100. The van der Waals surface area contributed by atoms with Crippen LogP contribution in [0, 0.1) is 0 Å². The first-order valence-electron chi connectivity index (χ1n) is 4.61. The van der Waals surface area contributed by atoms with Gasteiger partial charge in [0, 0.05) is 5.56 Å². The van der Waals surface area contributed by atoms with Gasteiger partial charge in [-0.15, -0.1) is 0 Å². The Bertz CT molecular complexity index is 462. The Hall–Kier alpha value is -2.15. The number of nitrogens with one attached hydrogen (secondary N) is 1. The van der Waals surface area contributed by atoms with Gasteiger partial charge in [0.2, 0.25) is 0 Å². The third-order valence-electron chi connectivity index (χ3n) is 1.75. The molecule has 0 heterocycles. The molecule has 0 unspecified atom stereocenters. The topological polar surface area (TPSA) is 107 Å². The van der Waals surface area contributed by atoms with Crippen LogP contribution >= 0.6 is 12.2 Å². The molecule has 17 heavy (non-hydrogen) atoms. The number of thiocarbonyl (C=S) groups is 1. The zero-order valence-corrected chi connectivity index (χ0v) is 9.62. The van der Waals surface area contributed by atoms with E-state index in [1.807, 2.05) is 5.32 Å². The summed E-state index contributed by atoms with van der Waals surface area (Å²) in [6, 6.07) is 5.73. The number of primary amides is 1. The Morgan fingerprint density at radius 2 is 2.06 bits per heavy atom. The van der Waals surface area contributed by atoms with E-state index >= 15 is 0 Å². The second-order valence-corrected chi connectivity index (χ2v) is 3.53. The molecule has 3 amide bonds. The van der Waals surface area contributed by atoms with Crippen molar-refractivity contribution < 1.29 is 14.3 Å². The lowest BCUT2D eigenvalue weighted by Crippen LogP contribution is -2.38. The fourth-order valence-electron chi connectivity index (χ4n) is 1.06. The summed E-state index contributed by atoms with van der Waals surface area (Å²) in [7, 11) is 0. The number of carbonyl (C=O) groups excluding carboxylic acids is 2. The van der Waals surface area contributed by atoms with E-state index in [1.165, 1.54) is 0 Å². The van der Waals surface area contributed by atoms with Crippen molar-refractivity contribution in [2.75, 3.05) is 6.61 Å². The summed E-state index contributed by atoms with van der Waals surface area (Å²) in [4.78, 5) is 21.7. The molecule has 7 heteroatoms. The van der Waals surface area contributed by atoms with E-state index in [0.717, 1.165) is 0 Å². The van der Waals surface area contributed by atoms with Gasteiger partial charge in [0.25, 0.3) is 5.91 Å². The summed E-state index contributed by atoms with van der Waals surface area (Å²) in [5.74, 6) is -0.201. The summed E-state index contributed by atoms with van der Waals surface area (Å²) >= 11 is 4.80. The average Bonchev–Trinajstić information content (AvgIpc) is 2.26. The standard InChI is InChI=1S/C10H11N3O3S/c11-9(17)6-2-1-3-7(4-6)16-5-8(14)13-10(12)15/h1-4H,5H2,(H2,11,17)(H3,12,13,14,15). The lowest BCUT2D eigenvalue weighted by atomic mass is 10.2. The summed E-state index contributed by atoms with van der Waals surface area (Å²) < 4.78 is 5.12. The maximum Gasteiger partial charge on any atom is 0.318 e. The number of nitrogens with two attached hydrogens (primary N) is 2. The fourth-order valence-corrected chi connectivity index (χ4v) is 1.19. The van der Waals surface area contributed by atoms with Crippen LogP contribution in [0.2, 0.25) is 0 Å². The van der Waals surface area contributed by atoms with E-state index in [0.29, 0.717) is 11.3 Å². The minimum atomic E-state index is -0.921. The van der Waals surface area contributed by atoms with Gasteiger partial charge < -0.3 is 16.2 Å². The Kier molecular flexibility index (Phi) is 4.41. The van der Waals surface area contributed by atoms with E-state index in [9.17, 15) is 9.59 Å². The summed E-state index contributed by atoms with van der Waals surface area (Å²) in [5, 5.41) is 1.87. The molecule has 6 nitrogen and oxygen atoms in total. The quantitative estimate of drug-likeness (QED) is 0.649. The van der Waals surface area contributed by atoms with E-state index < -0.39 is 11.9 Å². The van der Waals surface area contributed by atoms with Crippen molar-refractivity contribution in [3.8, 4) is 5.75 Å². The number of imide groups is 1. The van der Waals surface area contributed by atoms with Crippen molar-refractivity contribution in [3.05, 3.63) is 29.8 Å². The van der Waals surface area contributed by atoms with Crippen molar-refractivity contribution in [3.63, 3.8) is 0 Å². The van der Waals surface area contributed by atoms with Gasteiger partial charge in [-0.3, -0.25) is 10.1 Å². The predicted octanol–water partition coefficient (Wildman–Crippen LogP) is -0.106. The van der Waals surface area contributed by atoms with Gasteiger partial charge in [-0.25, -0.2) is 4.79 Å². The number of amides is 3. The Morgan fingerprint density at radius 1 is 1.35 bits per heavy atom. The van der Waals surface area contributed by atoms with Gasteiger partial charge in [0.05, 0.1) is 0 Å². The van der Waals surface area contributed by atoms with Crippen LogP contribution in [0.4, 0.5) is 4.79 Å². The van der Waals surface area contributed by atoms with Crippen LogP contribution in [0.5, 0.6) is 5.75 Å². The molecular formula is C10H11N3O3S. The van der Waals surface area contributed by atoms with Gasteiger partial charge in [-0.05, 0) is 12.1 Å². The number of carbonyl (C=O) groups is 2. The van der Waals surface area contributed by atoms with Gasteiger partial charge in [0.1, 0.15) is 10.7 Å². The normalized spacial score (nSPS) is 9.41. The van der Waals surface area contributed by atoms with Crippen molar-refractivity contribution in [2.24, 2.45) is 11.5 Å². The first kappa shape index (κ1) is 12.9. The van der Waals surface area contributed by atoms with E-state index in [1.54, 1.807) is 24.3 Å². The monoisotopic (exact) mass is 253 g/mol. The molecule has 5 N–H and O–H groups in total. The van der Waals surface area contributed by atoms with Gasteiger partial charge in [-0.1, -0.05) is 24.4 Å². The number of urea groups is 1. The molecule has 1 rings (SSSR count). The van der Waals surface area contributed by atoms with Crippen LogP contribution in [0.25, 0.3) is 0 Å². The highest BCUT2D eigenvalue weighted by atomic mass is 32.1. The molecule has 0 radical (unpaired) electrons. The van der Waals surface area contributed by atoms with Gasteiger partial charge >= 0.3 is 6.03 Å². The average molecular weight is 253 g/mol. The van der Waals surface area contributed by atoms with Crippen molar-refractivity contribution >= 4 is 29.1 Å². The molecule has 1 aromatic rings. The lowest BCUT2D eigenvalue weighted by Gasteiger charge is -2.06. The smallest absolute Gasteiger partial charge is 0.318 e. The van der Waals surface area contributed by atoms with E-state index in [4.69, 9.17) is 28.4 Å². The van der Waals surface area contributed by atoms with Crippen LogP contribution < -0.4 is 21.5 Å². The first-order chi connectivity index (χ1) is 7.99. The first-order valence-corrected chi connectivity index (χ1v) is 5.02. The van der Waals surface area contributed by atoms with Crippen LogP contribution in [0.1, 0.15) is 5.56 Å². The highest BCUT2D eigenvalue weighted by Gasteiger charge is 2.05. The molecule has 0 fully saturated rings. The Balaban J connectivity index is 2.57. The SMILES string of the molecule is NC(=O)NC(=O)COc1cccc(C(N)=S)c1. The van der Waals surface area contributed by atoms with Crippen LogP contribution in [-0.2, 0) is 4.79 Å². The molecule has 0 atom stereocenters. The zero-order valence-electron chi connectivity index (χ0n) is 8.80. The highest BCUT2D eigenvalue weighted by molar-refractivity contribution is 7.80. The molecule has 0 bridgehead atoms. The number of hydrogen-bond acceptors (Lipinski definition) is 4. The van der Waals surface area contributed by atoms with Crippen LogP contribution in [0.15, 0.2) is 24.3 Å². The Morgan fingerprint density at radius 3 is 2.65 bits per heavy atom. The van der Waals surface area contributed by atoms with E-state index in [2.05, 4.69) is 0 Å². The van der Waals surface area contributed by atoms with Gasteiger partial charge in [0.15, 0.2) is 6.61 Å². The summed E-state index contributed by atoms with van der Waals surface area (Å²) in [6.07, 6.45) is 0. The largest absolute Gasteiger partial charge is 0.484 e.